The number of hydrogen-bond donors (Lipinski definition) is 0. The molecule has 0 bridgehead atoms. The number of benzene rings is 2. The van der Waals surface area contributed by atoms with Crippen molar-refractivity contribution in [3.63, 3.8) is 0 Å². The largest absolute Gasteiger partial charge is 0.494 e. The minimum Gasteiger partial charge on any atom is -0.493 e. The van der Waals surface area contributed by atoms with Gasteiger partial charge in [-0.15, -0.1) is 0 Å². The van der Waals surface area contributed by atoms with Crippen molar-refractivity contribution in [1.29, 1.82) is 0 Å². The van der Waals surface area contributed by atoms with E-state index in [2.05, 4.69) is 15.9 Å². The number of rotatable bonds is 9. The lowest BCUT2D eigenvalue weighted by Gasteiger charge is -2.39. The molecule has 3 aliphatic rings. The van der Waals surface area contributed by atoms with Crippen LogP contribution in [0, 0.1) is 11.8 Å². The molecule has 2 amide bonds. The highest BCUT2D eigenvalue weighted by atomic mass is 79.9. The zero-order valence-corrected chi connectivity index (χ0v) is 36.2. The molecule has 0 radical (unpaired) electrons. The van der Waals surface area contributed by atoms with Crippen LogP contribution in [-0.4, -0.2) is 90.9 Å². The van der Waals surface area contributed by atoms with Crippen LogP contribution in [0.2, 0.25) is 0 Å². The molecule has 0 spiro atoms. The fourth-order valence-corrected chi connectivity index (χ4v) is 6.36. The first-order chi connectivity index (χ1) is 26.4. The maximum Gasteiger partial charge on any atom is 0.494 e. The molecule has 3 heterocycles. The van der Waals surface area contributed by atoms with E-state index in [-0.39, 0.29) is 48.7 Å². The van der Waals surface area contributed by atoms with Crippen LogP contribution in [0.3, 0.4) is 0 Å². The minimum absolute atomic E-state index is 0.117. The van der Waals surface area contributed by atoms with Crippen LogP contribution in [0.15, 0.2) is 40.9 Å². The van der Waals surface area contributed by atoms with E-state index in [1.54, 1.807) is 57.4 Å². The van der Waals surface area contributed by atoms with Gasteiger partial charge in [0.2, 0.25) is 0 Å². The van der Waals surface area contributed by atoms with Gasteiger partial charge in [0.15, 0.2) is 0 Å². The molecule has 2 aromatic rings. The van der Waals surface area contributed by atoms with Gasteiger partial charge in [-0.2, -0.15) is 26.3 Å². The number of amides is 2. The molecule has 0 saturated carbocycles. The van der Waals surface area contributed by atoms with Gasteiger partial charge in [-0.1, -0.05) is 22.0 Å². The Morgan fingerprint density at radius 1 is 0.690 bits per heavy atom. The molecular weight excluding hydrogens is 841 g/mol. The summed E-state index contributed by atoms with van der Waals surface area (Å²) in [5.41, 5.74) is -3.78. The smallest absolute Gasteiger partial charge is 0.493 e. The number of alkyl halides is 6. The van der Waals surface area contributed by atoms with Gasteiger partial charge < -0.3 is 38.1 Å². The Bertz CT molecular complexity index is 1730. The molecule has 0 aliphatic carbocycles. The quantitative estimate of drug-likeness (QED) is 0.182. The lowest BCUT2D eigenvalue weighted by Crippen LogP contribution is -2.51. The van der Waals surface area contributed by atoms with Gasteiger partial charge in [-0.3, -0.25) is 0 Å². The van der Waals surface area contributed by atoms with E-state index in [0.717, 1.165) is 12.1 Å². The van der Waals surface area contributed by atoms with Gasteiger partial charge in [-0.05, 0) is 130 Å². The van der Waals surface area contributed by atoms with Gasteiger partial charge in [0, 0.05) is 30.7 Å². The first-order valence-corrected chi connectivity index (χ1v) is 19.9. The van der Waals surface area contributed by atoms with Crippen molar-refractivity contribution in [3.8, 4) is 11.5 Å². The Morgan fingerprint density at radius 2 is 1.07 bits per heavy atom. The average molecular weight is 896 g/mol. The fourth-order valence-electron chi connectivity index (χ4n) is 6.00. The number of likely N-dealkylation sites (tertiary alicyclic amines) is 2. The fraction of sp³-hybridized carbons (Fsp3) is 0.650. The van der Waals surface area contributed by atoms with Crippen LogP contribution >= 0.6 is 15.9 Å². The molecule has 18 heteroatoms. The lowest BCUT2D eigenvalue weighted by molar-refractivity contribution is -0.139. The Hall–Kier alpha value is -3.38. The summed E-state index contributed by atoms with van der Waals surface area (Å²) < 4.78 is 114. The highest BCUT2D eigenvalue weighted by molar-refractivity contribution is 9.10. The number of hydrogen-bond acceptors (Lipinski definition) is 8. The molecule has 324 valence electrons. The highest BCUT2D eigenvalue weighted by Crippen LogP contribution is 2.40. The third-order valence-electron chi connectivity index (χ3n) is 9.87. The van der Waals surface area contributed by atoms with Crippen molar-refractivity contribution in [2.45, 2.75) is 117 Å². The van der Waals surface area contributed by atoms with Crippen molar-refractivity contribution in [3.05, 3.63) is 52.0 Å². The summed E-state index contributed by atoms with van der Waals surface area (Å²) in [4.78, 5) is 27.0. The monoisotopic (exact) mass is 894 g/mol. The molecule has 3 saturated heterocycles. The molecule has 0 N–H and O–H groups in total. The maximum absolute atomic E-state index is 13.7. The first-order valence-electron chi connectivity index (χ1n) is 19.1. The highest BCUT2D eigenvalue weighted by Gasteiger charge is 2.52. The number of ether oxygens (including phenoxy) is 4. The van der Waals surface area contributed by atoms with Crippen molar-refractivity contribution in [2.24, 2.45) is 11.8 Å². The van der Waals surface area contributed by atoms with Crippen molar-refractivity contribution < 1.29 is 64.2 Å². The van der Waals surface area contributed by atoms with E-state index in [4.69, 9.17) is 28.3 Å². The van der Waals surface area contributed by atoms with E-state index in [1.165, 1.54) is 18.2 Å². The third kappa shape index (κ3) is 13.1. The van der Waals surface area contributed by atoms with Gasteiger partial charge >= 0.3 is 31.7 Å². The summed E-state index contributed by atoms with van der Waals surface area (Å²) in [6, 6.07) is 7.71. The summed E-state index contributed by atoms with van der Waals surface area (Å²) >= 11 is 3.04. The second kappa shape index (κ2) is 17.7. The number of nitrogens with zero attached hydrogens (tertiary/aromatic N) is 2. The van der Waals surface area contributed by atoms with Crippen LogP contribution < -0.4 is 14.9 Å². The van der Waals surface area contributed by atoms with Crippen LogP contribution in [0.4, 0.5) is 35.9 Å². The Balaban J connectivity index is 0.000000267. The van der Waals surface area contributed by atoms with E-state index in [1.807, 2.05) is 27.7 Å². The van der Waals surface area contributed by atoms with Crippen molar-refractivity contribution in [2.75, 3.05) is 39.4 Å². The third-order valence-corrected chi connectivity index (χ3v) is 10.4. The summed E-state index contributed by atoms with van der Waals surface area (Å²) in [6.45, 7) is 20.5. The predicted molar refractivity (Wildman–Crippen MR) is 209 cm³/mol. The Morgan fingerprint density at radius 3 is 1.45 bits per heavy atom. The second-order valence-corrected chi connectivity index (χ2v) is 18.7. The molecular formula is C40H54BBrF6N2O8. The maximum atomic E-state index is 13.7. The topological polar surface area (TPSA) is 96.0 Å². The van der Waals surface area contributed by atoms with Crippen LogP contribution in [0.5, 0.6) is 11.5 Å². The Labute approximate surface area is 345 Å². The molecule has 58 heavy (non-hydrogen) atoms. The first kappa shape index (κ1) is 47.3. The molecule has 0 unspecified atom stereocenters. The average Bonchev–Trinajstić information content (AvgIpc) is 3.23. The second-order valence-electron chi connectivity index (χ2n) is 17.8. The van der Waals surface area contributed by atoms with Gasteiger partial charge in [-0.25, -0.2) is 9.59 Å². The predicted octanol–water partition coefficient (Wildman–Crippen LogP) is 9.74. The van der Waals surface area contributed by atoms with E-state index >= 15 is 0 Å². The molecule has 5 rings (SSSR count). The van der Waals surface area contributed by atoms with Gasteiger partial charge in [0.05, 0.1) is 35.5 Å². The normalized spacial score (nSPS) is 18.5. The van der Waals surface area contributed by atoms with Crippen molar-refractivity contribution in [1.82, 2.24) is 9.80 Å². The molecule has 0 atom stereocenters. The lowest BCUT2D eigenvalue weighted by atomic mass is 9.78. The van der Waals surface area contributed by atoms with Gasteiger partial charge in [0.25, 0.3) is 0 Å². The standard InChI is InChI=1S/C23H33BF3NO5.C17H21BrF3NO3/c1-20(2,3)31-19(29)28-13-15(14-28)10-11-30-18-9-8-16(12-17(18)23(25,26)27)24-32-21(4,5)22(6,7)33-24;1-16(2,3)25-15(23)22-9-11(10-22)6-7-24-14-5-4-12(18)8-13(14)17(19,20)21/h8-9,12,15H,10-11,13-14H2,1-7H3;4-5,8,11H,6-7,9-10H2,1-3H3. The molecule has 3 fully saturated rings. The molecule has 0 aromatic heterocycles. The van der Waals surface area contributed by atoms with Crippen LogP contribution in [0.1, 0.15) is 93.2 Å². The summed E-state index contributed by atoms with van der Waals surface area (Å²) in [7, 11) is -0.890. The molecule has 10 nitrogen and oxygen atoms in total. The van der Waals surface area contributed by atoms with Crippen LogP contribution in [0.25, 0.3) is 0 Å². The summed E-state index contributed by atoms with van der Waals surface area (Å²) in [6.07, 6.45) is -8.68. The molecule has 3 aliphatic heterocycles. The van der Waals surface area contributed by atoms with Gasteiger partial charge in [0.1, 0.15) is 22.7 Å². The Kier molecular flexibility index (Phi) is 14.4. The number of carbonyl (C=O) groups excluding carboxylic acids is 2. The number of halogens is 7. The minimum atomic E-state index is -4.58. The zero-order chi connectivity index (χ0) is 43.6. The molecule has 2 aromatic carbocycles. The van der Waals surface area contributed by atoms with Crippen LogP contribution in [-0.2, 0) is 31.1 Å². The van der Waals surface area contributed by atoms with Crippen molar-refractivity contribution >= 4 is 40.7 Å². The SMILES string of the molecule is CC(C)(C)OC(=O)N1CC(CCOc2ccc(B3OC(C)(C)C(C)(C)O3)cc2C(F)(F)F)C1.CC(C)(C)OC(=O)N1CC(CCOc2ccc(Br)cc2C(F)(F)F)C1. The zero-order valence-electron chi connectivity index (χ0n) is 34.7. The van der Waals surface area contributed by atoms with E-state index in [9.17, 15) is 35.9 Å². The summed E-state index contributed by atoms with van der Waals surface area (Å²) in [5, 5.41) is 0. The van der Waals surface area contributed by atoms with E-state index in [0.29, 0.717) is 49.0 Å². The number of carbonyl (C=O) groups is 2. The van der Waals surface area contributed by atoms with E-state index < -0.39 is 53.0 Å². The summed E-state index contributed by atoms with van der Waals surface area (Å²) in [5.74, 6) is -0.0432.